The molecule has 10 nitrogen and oxygen atoms in total. The van der Waals surface area contributed by atoms with Crippen molar-refractivity contribution in [1.82, 2.24) is 29.0 Å². The van der Waals surface area contributed by atoms with Gasteiger partial charge in [0, 0.05) is 26.7 Å². The van der Waals surface area contributed by atoms with Crippen molar-refractivity contribution in [1.29, 1.82) is 0 Å². The van der Waals surface area contributed by atoms with Crippen LogP contribution in [0.4, 0.5) is 0 Å². The molecule has 5 rings (SSSR count). The third kappa shape index (κ3) is 6.43. The molecule has 42 heavy (non-hydrogen) atoms. The molecule has 1 aliphatic heterocycles. The fourth-order valence-electron chi connectivity index (χ4n) is 5.45. The zero-order chi connectivity index (χ0) is 29.7. The highest BCUT2D eigenvalue weighted by Gasteiger charge is 2.28. The second-order valence-electron chi connectivity index (χ2n) is 10.8. The van der Waals surface area contributed by atoms with Crippen LogP contribution in [-0.4, -0.2) is 70.2 Å². The molecule has 224 valence electrons. The van der Waals surface area contributed by atoms with Crippen LogP contribution in [0.5, 0.6) is 5.75 Å². The molecular formula is C31H40N6O4S. The Morgan fingerprint density at radius 2 is 1.81 bits per heavy atom. The minimum atomic E-state index is -3.91. The van der Waals surface area contributed by atoms with Gasteiger partial charge in [-0.25, -0.2) is 13.4 Å². The molecule has 0 amide bonds. The molecule has 11 heteroatoms. The van der Waals surface area contributed by atoms with E-state index in [0.717, 1.165) is 50.0 Å². The van der Waals surface area contributed by atoms with E-state index in [4.69, 9.17) is 9.72 Å². The van der Waals surface area contributed by atoms with E-state index in [0.29, 0.717) is 48.5 Å². The summed E-state index contributed by atoms with van der Waals surface area (Å²) in [5.41, 5.74) is 2.65. The second kappa shape index (κ2) is 13.2. The number of aryl methyl sites for hydroxylation is 2. The van der Waals surface area contributed by atoms with Gasteiger partial charge in [0.1, 0.15) is 17.1 Å². The van der Waals surface area contributed by atoms with Crippen LogP contribution >= 0.6 is 0 Å². The summed E-state index contributed by atoms with van der Waals surface area (Å²) < 4.78 is 37.6. The number of aromatic nitrogens is 4. The summed E-state index contributed by atoms with van der Waals surface area (Å²) in [6.45, 7) is 7.77. The van der Waals surface area contributed by atoms with Crippen LogP contribution in [-0.2, 0) is 30.0 Å². The number of benzene rings is 2. The highest BCUT2D eigenvalue weighted by atomic mass is 32.2. The van der Waals surface area contributed by atoms with Gasteiger partial charge in [-0.3, -0.25) is 9.48 Å². The van der Waals surface area contributed by atoms with Crippen LogP contribution < -0.4 is 10.3 Å². The first-order chi connectivity index (χ1) is 20.3. The van der Waals surface area contributed by atoms with E-state index < -0.39 is 10.0 Å². The summed E-state index contributed by atoms with van der Waals surface area (Å²) in [6.07, 6.45) is 4.57. The Kier molecular flexibility index (Phi) is 9.40. The van der Waals surface area contributed by atoms with Crippen LogP contribution in [0.25, 0.3) is 22.4 Å². The van der Waals surface area contributed by atoms with Crippen molar-refractivity contribution < 1.29 is 13.2 Å². The Labute approximate surface area is 247 Å². The number of sulfonamides is 1. The van der Waals surface area contributed by atoms with Crippen LogP contribution in [0, 0.1) is 0 Å². The molecule has 4 aromatic rings. The highest BCUT2D eigenvalue weighted by molar-refractivity contribution is 7.89. The van der Waals surface area contributed by atoms with Gasteiger partial charge in [-0.15, -0.1) is 0 Å². The quantitative estimate of drug-likeness (QED) is 0.246. The summed E-state index contributed by atoms with van der Waals surface area (Å²) in [5, 5.41) is 4.52. The molecule has 2 aromatic carbocycles. The lowest BCUT2D eigenvalue weighted by Crippen LogP contribution is -2.37. The van der Waals surface area contributed by atoms with Crippen LogP contribution in [0.2, 0.25) is 0 Å². The van der Waals surface area contributed by atoms with Gasteiger partial charge in [0.15, 0.2) is 5.52 Å². The first-order valence-electron chi connectivity index (χ1n) is 14.8. The first kappa shape index (κ1) is 29.9. The second-order valence-corrected chi connectivity index (χ2v) is 12.7. The Morgan fingerprint density at radius 3 is 2.52 bits per heavy atom. The number of likely N-dealkylation sites (tertiary alicyclic amines) is 1. The van der Waals surface area contributed by atoms with Gasteiger partial charge in [-0.05, 0) is 62.5 Å². The number of hydrogen-bond donors (Lipinski definition) is 1. The molecular weight excluding hydrogens is 552 g/mol. The summed E-state index contributed by atoms with van der Waals surface area (Å²) in [6, 6.07) is 14.5. The van der Waals surface area contributed by atoms with Gasteiger partial charge in [0.25, 0.3) is 5.56 Å². The lowest BCUT2D eigenvalue weighted by molar-refractivity contribution is 0.291. The smallest absolute Gasteiger partial charge is 0.277 e. The van der Waals surface area contributed by atoms with Gasteiger partial charge < -0.3 is 14.6 Å². The van der Waals surface area contributed by atoms with Crippen molar-refractivity contribution >= 4 is 21.1 Å². The molecule has 0 unspecified atom stereocenters. The fraction of sp³-hybridized carbons (Fsp3) is 0.452. The number of fused-ring (bicyclic) bond motifs is 1. The van der Waals surface area contributed by atoms with Crippen LogP contribution in [0.1, 0.15) is 50.8 Å². The van der Waals surface area contributed by atoms with E-state index in [9.17, 15) is 13.2 Å². The largest absolute Gasteiger partial charge is 0.493 e. The molecule has 0 spiro atoms. The maximum atomic E-state index is 14.2. The maximum absolute atomic E-state index is 14.2. The van der Waals surface area contributed by atoms with E-state index >= 15 is 0 Å². The average molecular weight is 593 g/mol. The van der Waals surface area contributed by atoms with Gasteiger partial charge in [0.05, 0.1) is 22.8 Å². The fourth-order valence-corrected chi connectivity index (χ4v) is 6.90. The molecule has 1 saturated heterocycles. The number of aromatic amines is 1. The predicted octanol–water partition coefficient (Wildman–Crippen LogP) is 4.35. The van der Waals surface area contributed by atoms with Crippen molar-refractivity contribution in [2.24, 2.45) is 7.05 Å². The standard InChI is InChI=1S/C31H40N6O4S/c1-4-11-26-28-29(35(3)34-26)31(38)33-30(32-28)25-21-24(14-15-27(25)41-20-5-2)42(39,40)37(19-18-36-16-9-10-17-36)22-23-12-7-6-8-13-23/h6-8,12-15,21H,4-5,9-11,16-20,22H2,1-3H3,(H,32,33,38). The summed E-state index contributed by atoms with van der Waals surface area (Å²) in [5.74, 6) is 0.721. The minimum Gasteiger partial charge on any atom is -0.493 e. The SMILES string of the molecule is CCCOc1ccc(S(=O)(=O)N(CCN2CCCC2)Cc2ccccc2)cc1-c1nc2c(CCC)nn(C)c2c(=O)[nH]1. The molecule has 2 aromatic heterocycles. The van der Waals surface area contributed by atoms with Crippen molar-refractivity contribution in [2.75, 3.05) is 32.8 Å². The molecule has 3 heterocycles. The Morgan fingerprint density at radius 1 is 1.05 bits per heavy atom. The Bertz CT molecular complexity index is 1680. The minimum absolute atomic E-state index is 0.126. The molecule has 1 aliphatic rings. The zero-order valence-electron chi connectivity index (χ0n) is 24.7. The maximum Gasteiger partial charge on any atom is 0.277 e. The predicted molar refractivity (Wildman–Crippen MR) is 164 cm³/mol. The van der Waals surface area contributed by atoms with E-state index in [2.05, 4.69) is 15.0 Å². The number of H-pyrrole nitrogens is 1. The van der Waals surface area contributed by atoms with Crippen molar-refractivity contribution in [3.8, 4) is 17.1 Å². The van der Waals surface area contributed by atoms with Crippen LogP contribution in [0.15, 0.2) is 58.2 Å². The Balaban J connectivity index is 1.58. The van der Waals surface area contributed by atoms with E-state index in [1.165, 1.54) is 0 Å². The Hall–Kier alpha value is -3.54. The van der Waals surface area contributed by atoms with E-state index in [1.807, 2.05) is 44.2 Å². The number of nitrogens with zero attached hydrogens (tertiary/aromatic N) is 5. The molecule has 0 bridgehead atoms. The number of rotatable bonds is 13. The van der Waals surface area contributed by atoms with Gasteiger partial charge in [-0.1, -0.05) is 50.6 Å². The molecule has 0 saturated carbocycles. The first-order valence-corrected chi connectivity index (χ1v) is 16.2. The monoisotopic (exact) mass is 592 g/mol. The normalized spacial score (nSPS) is 14.3. The van der Waals surface area contributed by atoms with E-state index in [-0.39, 0.29) is 22.8 Å². The van der Waals surface area contributed by atoms with Crippen molar-refractivity contribution in [3.05, 3.63) is 70.1 Å². The summed E-state index contributed by atoms with van der Waals surface area (Å²) >= 11 is 0. The van der Waals surface area contributed by atoms with Crippen molar-refractivity contribution in [2.45, 2.75) is 57.4 Å². The topological polar surface area (TPSA) is 113 Å². The lowest BCUT2D eigenvalue weighted by Gasteiger charge is -2.25. The molecule has 0 atom stereocenters. The van der Waals surface area contributed by atoms with E-state index in [1.54, 1.807) is 34.2 Å². The van der Waals surface area contributed by atoms with Crippen molar-refractivity contribution in [3.63, 3.8) is 0 Å². The van der Waals surface area contributed by atoms with Crippen LogP contribution in [0.3, 0.4) is 0 Å². The number of ether oxygens (including phenoxy) is 1. The van der Waals surface area contributed by atoms with Gasteiger partial charge >= 0.3 is 0 Å². The highest BCUT2D eigenvalue weighted by Crippen LogP contribution is 2.32. The number of hydrogen-bond acceptors (Lipinski definition) is 7. The molecule has 1 N–H and O–H groups in total. The third-order valence-electron chi connectivity index (χ3n) is 7.62. The lowest BCUT2D eigenvalue weighted by atomic mass is 10.1. The molecule has 0 aliphatic carbocycles. The average Bonchev–Trinajstić information content (AvgIpc) is 3.62. The van der Waals surface area contributed by atoms with Gasteiger partial charge in [-0.2, -0.15) is 9.40 Å². The summed E-state index contributed by atoms with van der Waals surface area (Å²) in [4.78, 5) is 23.3. The van der Waals surface area contributed by atoms with Gasteiger partial charge in [0.2, 0.25) is 10.0 Å². The molecule has 0 radical (unpaired) electrons. The molecule has 1 fully saturated rings. The summed E-state index contributed by atoms with van der Waals surface area (Å²) in [7, 11) is -2.18. The third-order valence-corrected chi connectivity index (χ3v) is 9.46. The number of nitrogens with one attached hydrogen (secondary N) is 1. The zero-order valence-corrected chi connectivity index (χ0v) is 25.5.